The van der Waals surface area contributed by atoms with Crippen molar-refractivity contribution in [2.24, 2.45) is 34.5 Å². The molecule has 0 radical (unpaired) electrons. The van der Waals surface area contributed by atoms with Crippen molar-refractivity contribution in [2.75, 3.05) is 0 Å². The van der Waals surface area contributed by atoms with Crippen LogP contribution >= 0.6 is 0 Å². The molecule has 4 aliphatic rings. The van der Waals surface area contributed by atoms with Gasteiger partial charge in [-0.05, 0) is 85.5 Å². The van der Waals surface area contributed by atoms with Gasteiger partial charge in [0.1, 0.15) is 0 Å². The van der Waals surface area contributed by atoms with E-state index in [-0.39, 0.29) is 0 Å². The van der Waals surface area contributed by atoms with Gasteiger partial charge in [-0.2, -0.15) is 0 Å². The predicted molar refractivity (Wildman–Crippen MR) is 85.9 cm³/mol. The molecule has 4 rings (SSSR count). The van der Waals surface area contributed by atoms with E-state index in [0.717, 1.165) is 36.5 Å². The molecule has 1 nitrogen and oxygen atoms in total. The van der Waals surface area contributed by atoms with Crippen LogP contribution in [0.25, 0.3) is 0 Å². The van der Waals surface area contributed by atoms with Gasteiger partial charge in [0, 0.05) is 6.42 Å². The summed E-state index contributed by atoms with van der Waals surface area (Å²) in [4.78, 5) is 11.8. The lowest BCUT2D eigenvalue weighted by Crippen LogP contribution is -2.50. The topological polar surface area (TPSA) is 17.1 Å². The van der Waals surface area contributed by atoms with Crippen molar-refractivity contribution in [3.05, 3.63) is 11.6 Å². The summed E-state index contributed by atoms with van der Waals surface area (Å²) < 4.78 is 0. The van der Waals surface area contributed by atoms with Gasteiger partial charge in [0.2, 0.25) is 0 Å². The highest BCUT2D eigenvalue weighted by Gasteiger charge is 2.57. The largest absolute Gasteiger partial charge is 0.295 e. The molecule has 0 amide bonds. The molecule has 0 N–H and O–H groups in total. The van der Waals surface area contributed by atoms with Crippen molar-refractivity contribution in [3.63, 3.8) is 0 Å². The van der Waals surface area contributed by atoms with Crippen LogP contribution in [0.1, 0.15) is 72.1 Å². The molecule has 0 saturated heterocycles. The standard InChI is InChI=1S/C20H30O/c1-13-4-7-17-16-6-5-14-12-15(21)8-10-20(14,3)18(16)9-11-19(13,17)2/h12-13,16-18H,4-11H2,1-3H3/t13-,16?,17?,18?,19+,20-/m0/s1. The molecular formula is C20H30O. The third kappa shape index (κ3) is 1.79. The van der Waals surface area contributed by atoms with Crippen LogP contribution < -0.4 is 0 Å². The molecule has 0 spiro atoms. The van der Waals surface area contributed by atoms with Crippen molar-refractivity contribution < 1.29 is 4.79 Å². The van der Waals surface area contributed by atoms with Crippen LogP contribution in [0.5, 0.6) is 0 Å². The lowest BCUT2D eigenvalue weighted by atomic mass is 9.47. The van der Waals surface area contributed by atoms with Crippen LogP contribution in [-0.4, -0.2) is 5.78 Å². The highest BCUT2D eigenvalue weighted by molar-refractivity contribution is 5.91. The zero-order chi connectivity index (χ0) is 14.8. The molecule has 21 heavy (non-hydrogen) atoms. The maximum atomic E-state index is 11.8. The van der Waals surface area contributed by atoms with E-state index in [0.29, 0.717) is 16.6 Å². The first-order chi connectivity index (χ1) is 9.95. The zero-order valence-electron chi connectivity index (χ0n) is 14.0. The van der Waals surface area contributed by atoms with Crippen molar-refractivity contribution in [1.82, 2.24) is 0 Å². The third-order valence-corrected chi connectivity index (χ3v) is 8.44. The number of ketones is 1. The molecule has 0 aromatic carbocycles. The second-order valence-corrected chi connectivity index (χ2v) is 8.99. The molecular weight excluding hydrogens is 256 g/mol. The first kappa shape index (κ1) is 14.0. The lowest BCUT2D eigenvalue weighted by Gasteiger charge is -2.58. The Balaban J connectivity index is 1.69. The van der Waals surface area contributed by atoms with Crippen LogP contribution in [0.2, 0.25) is 0 Å². The number of allylic oxidation sites excluding steroid dienone is 1. The van der Waals surface area contributed by atoms with Gasteiger partial charge >= 0.3 is 0 Å². The fourth-order valence-electron chi connectivity index (χ4n) is 6.82. The highest BCUT2D eigenvalue weighted by Crippen LogP contribution is 2.66. The van der Waals surface area contributed by atoms with Gasteiger partial charge in [0.15, 0.2) is 5.78 Å². The fraction of sp³-hybridized carbons (Fsp3) is 0.850. The molecule has 3 unspecified atom stereocenters. The minimum atomic E-state index is 0.351. The van der Waals surface area contributed by atoms with Crippen molar-refractivity contribution >= 4 is 5.78 Å². The molecule has 0 aliphatic heterocycles. The van der Waals surface area contributed by atoms with Gasteiger partial charge in [0.05, 0.1) is 0 Å². The van der Waals surface area contributed by atoms with Crippen LogP contribution in [0.3, 0.4) is 0 Å². The SMILES string of the molecule is C[C@H]1CCC2C3CCC4=CC(=O)CC[C@]4(C)C3CC[C@@]21C. The molecule has 3 saturated carbocycles. The Kier molecular flexibility index (Phi) is 2.98. The summed E-state index contributed by atoms with van der Waals surface area (Å²) >= 11 is 0. The van der Waals surface area contributed by atoms with E-state index in [1.54, 1.807) is 0 Å². The average molecular weight is 286 g/mol. The molecule has 4 aliphatic carbocycles. The zero-order valence-corrected chi connectivity index (χ0v) is 14.0. The van der Waals surface area contributed by atoms with Gasteiger partial charge in [-0.1, -0.05) is 26.3 Å². The molecule has 0 bridgehead atoms. The Morgan fingerprint density at radius 1 is 1.00 bits per heavy atom. The smallest absolute Gasteiger partial charge is 0.155 e. The third-order valence-electron chi connectivity index (χ3n) is 8.44. The Morgan fingerprint density at radius 2 is 1.81 bits per heavy atom. The maximum absolute atomic E-state index is 11.8. The van der Waals surface area contributed by atoms with Gasteiger partial charge in [-0.3, -0.25) is 4.79 Å². The molecule has 0 heterocycles. The maximum Gasteiger partial charge on any atom is 0.155 e. The van der Waals surface area contributed by atoms with Gasteiger partial charge in [0.25, 0.3) is 0 Å². The number of hydrogen-bond acceptors (Lipinski definition) is 1. The summed E-state index contributed by atoms with van der Waals surface area (Å²) in [5, 5.41) is 0. The molecule has 6 atom stereocenters. The summed E-state index contributed by atoms with van der Waals surface area (Å²) in [6.45, 7) is 7.57. The van der Waals surface area contributed by atoms with E-state index < -0.39 is 0 Å². The average Bonchev–Trinajstić information content (AvgIpc) is 2.76. The monoisotopic (exact) mass is 286 g/mol. The number of carbonyl (C=O) groups is 1. The quantitative estimate of drug-likeness (QED) is 0.601. The second kappa shape index (κ2) is 4.46. The van der Waals surface area contributed by atoms with Crippen LogP contribution in [0, 0.1) is 34.5 Å². The van der Waals surface area contributed by atoms with Gasteiger partial charge < -0.3 is 0 Å². The minimum absolute atomic E-state index is 0.351. The van der Waals surface area contributed by atoms with E-state index in [4.69, 9.17) is 0 Å². The van der Waals surface area contributed by atoms with Gasteiger partial charge in [-0.25, -0.2) is 0 Å². The van der Waals surface area contributed by atoms with E-state index in [9.17, 15) is 4.79 Å². The highest BCUT2D eigenvalue weighted by atomic mass is 16.1. The molecule has 116 valence electrons. The lowest BCUT2D eigenvalue weighted by molar-refractivity contribution is -0.117. The predicted octanol–water partition coefficient (Wildman–Crippen LogP) is 5.15. The fourth-order valence-corrected chi connectivity index (χ4v) is 6.82. The summed E-state index contributed by atoms with van der Waals surface area (Å²) in [6.07, 6.45) is 12.2. The Labute approximate surface area is 129 Å². The van der Waals surface area contributed by atoms with Gasteiger partial charge in [-0.15, -0.1) is 0 Å². The summed E-state index contributed by atoms with van der Waals surface area (Å²) in [5.74, 6) is 4.05. The van der Waals surface area contributed by atoms with E-state index in [2.05, 4.69) is 20.8 Å². The normalized spacial score (nSPS) is 52.7. The second-order valence-electron chi connectivity index (χ2n) is 8.99. The van der Waals surface area contributed by atoms with Crippen LogP contribution in [0.15, 0.2) is 11.6 Å². The summed E-state index contributed by atoms with van der Waals surface area (Å²) in [6, 6.07) is 0. The van der Waals surface area contributed by atoms with E-state index in [1.807, 2.05) is 6.08 Å². The van der Waals surface area contributed by atoms with E-state index in [1.165, 1.54) is 44.1 Å². The summed E-state index contributed by atoms with van der Waals surface area (Å²) in [7, 11) is 0. The van der Waals surface area contributed by atoms with E-state index >= 15 is 0 Å². The van der Waals surface area contributed by atoms with Crippen molar-refractivity contribution in [1.29, 1.82) is 0 Å². The molecule has 0 aromatic rings. The Morgan fingerprint density at radius 3 is 2.62 bits per heavy atom. The molecule has 0 aromatic heterocycles. The number of fused-ring (bicyclic) bond motifs is 5. The summed E-state index contributed by atoms with van der Waals surface area (Å²) in [5.41, 5.74) is 2.47. The number of hydrogen-bond donors (Lipinski definition) is 0. The van der Waals surface area contributed by atoms with Crippen molar-refractivity contribution in [2.45, 2.75) is 72.1 Å². The van der Waals surface area contributed by atoms with Crippen LogP contribution in [-0.2, 0) is 4.79 Å². The molecule has 1 heteroatoms. The number of carbonyl (C=O) groups excluding carboxylic acids is 1. The Hall–Kier alpha value is -0.590. The van der Waals surface area contributed by atoms with Crippen molar-refractivity contribution in [3.8, 4) is 0 Å². The first-order valence-corrected chi connectivity index (χ1v) is 9.19. The first-order valence-electron chi connectivity index (χ1n) is 9.19. The Bertz CT molecular complexity index is 504. The van der Waals surface area contributed by atoms with Crippen LogP contribution in [0.4, 0.5) is 0 Å². The molecule has 3 fully saturated rings. The number of rotatable bonds is 0. The minimum Gasteiger partial charge on any atom is -0.295 e.